The summed E-state index contributed by atoms with van der Waals surface area (Å²) in [5.74, 6) is -0.258. The van der Waals surface area contributed by atoms with Gasteiger partial charge >= 0.3 is 0 Å². The summed E-state index contributed by atoms with van der Waals surface area (Å²) in [7, 11) is 0. The number of benzene rings is 2. The van der Waals surface area contributed by atoms with Gasteiger partial charge in [0.15, 0.2) is 0 Å². The molecular formula is C16H12BrFN2. The second kappa shape index (κ2) is 5.59. The minimum absolute atomic E-state index is 0.258. The molecule has 0 bridgehead atoms. The van der Waals surface area contributed by atoms with E-state index in [0.717, 1.165) is 11.1 Å². The summed E-state index contributed by atoms with van der Waals surface area (Å²) >= 11 is 3.19. The molecular weight excluding hydrogens is 319 g/mol. The van der Waals surface area contributed by atoms with Gasteiger partial charge in [-0.05, 0) is 51.1 Å². The van der Waals surface area contributed by atoms with Gasteiger partial charge in [0, 0.05) is 30.0 Å². The first-order valence-electron chi connectivity index (χ1n) is 6.24. The summed E-state index contributed by atoms with van der Waals surface area (Å²) in [6.07, 6.45) is 3.65. The Morgan fingerprint density at radius 1 is 1.15 bits per heavy atom. The number of pyridine rings is 1. The van der Waals surface area contributed by atoms with Gasteiger partial charge < -0.3 is 5.32 Å². The Morgan fingerprint density at radius 3 is 2.90 bits per heavy atom. The lowest BCUT2D eigenvalue weighted by Gasteiger charge is -2.09. The first-order chi connectivity index (χ1) is 9.74. The molecule has 1 aromatic heterocycles. The van der Waals surface area contributed by atoms with Crippen LogP contribution < -0.4 is 5.32 Å². The summed E-state index contributed by atoms with van der Waals surface area (Å²) < 4.78 is 13.7. The molecule has 4 heteroatoms. The van der Waals surface area contributed by atoms with Crippen molar-refractivity contribution in [2.45, 2.75) is 6.54 Å². The maximum atomic E-state index is 13.2. The molecule has 0 aliphatic rings. The van der Waals surface area contributed by atoms with Crippen LogP contribution in [0.4, 0.5) is 10.1 Å². The third-order valence-corrected chi connectivity index (χ3v) is 3.78. The highest BCUT2D eigenvalue weighted by Crippen LogP contribution is 2.22. The number of fused-ring (bicyclic) bond motifs is 1. The molecule has 1 heterocycles. The van der Waals surface area contributed by atoms with Crippen LogP contribution in [0.25, 0.3) is 10.8 Å². The fraction of sp³-hybridized carbons (Fsp3) is 0.0625. The molecule has 0 amide bonds. The highest BCUT2D eigenvalue weighted by atomic mass is 79.9. The minimum Gasteiger partial charge on any atom is -0.381 e. The van der Waals surface area contributed by atoms with Gasteiger partial charge in [0.05, 0.1) is 4.47 Å². The van der Waals surface area contributed by atoms with E-state index in [2.05, 4.69) is 32.3 Å². The van der Waals surface area contributed by atoms with Crippen LogP contribution >= 0.6 is 15.9 Å². The molecule has 1 N–H and O–H groups in total. The van der Waals surface area contributed by atoms with Crippen LogP contribution in [0.2, 0.25) is 0 Å². The van der Waals surface area contributed by atoms with Gasteiger partial charge in [-0.3, -0.25) is 4.98 Å². The van der Waals surface area contributed by atoms with Gasteiger partial charge in [0.1, 0.15) is 5.82 Å². The number of aromatic nitrogens is 1. The predicted octanol–water partition coefficient (Wildman–Crippen LogP) is 4.75. The predicted molar refractivity (Wildman–Crippen MR) is 83.2 cm³/mol. The van der Waals surface area contributed by atoms with Crippen molar-refractivity contribution in [3.8, 4) is 0 Å². The van der Waals surface area contributed by atoms with Crippen molar-refractivity contribution in [1.29, 1.82) is 0 Å². The molecule has 0 fully saturated rings. The van der Waals surface area contributed by atoms with Crippen molar-refractivity contribution >= 4 is 32.4 Å². The third-order valence-electron chi connectivity index (χ3n) is 3.17. The smallest absolute Gasteiger partial charge is 0.137 e. The first-order valence-corrected chi connectivity index (χ1v) is 7.04. The summed E-state index contributed by atoms with van der Waals surface area (Å²) in [6.45, 7) is 0.680. The van der Waals surface area contributed by atoms with E-state index >= 15 is 0 Å². The summed E-state index contributed by atoms with van der Waals surface area (Å²) in [5, 5.41) is 5.60. The Kier molecular flexibility index (Phi) is 3.65. The van der Waals surface area contributed by atoms with E-state index < -0.39 is 0 Å². The standard InChI is InChI=1S/C16H12BrFN2/c17-15-8-13(4-5-16(15)18)20-10-12-3-1-2-11-9-19-7-6-14(11)12/h1-9,20H,10H2. The fourth-order valence-corrected chi connectivity index (χ4v) is 2.53. The van der Waals surface area contributed by atoms with Gasteiger partial charge in [0.25, 0.3) is 0 Å². The van der Waals surface area contributed by atoms with Crippen molar-refractivity contribution in [2.75, 3.05) is 5.32 Å². The molecule has 20 heavy (non-hydrogen) atoms. The number of rotatable bonds is 3. The second-order valence-corrected chi connectivity index (χ2v) is 5.35. The van der Waals surface area contributed by atoms with Crippen LogP contribution in [0.15, 0.2) is 59.3 Å². The van der Waals surface area contributed by atoms with Gasteiger partial charge in [0.2, 0.25) is 0 Å². The van der Waals surface area contributed by atoms with Crippen molar-refractivity contribution in [3.05, 3.63) is 70.7 Å². The maximum Gasteiger partial charge on any atom is 0.137 e. The average Bonchev–Trinajstić information content (AvgIpc) is 2.48. The van der Waals surface area contributed by atoms with Gasteiger partial charge in [-0.1, -0.05) is 18.2 Å². The molecule has 0 aliphatic carbocycles. The van der Waals surface area contributed by atoms with Crippen molar-refractivity contribution in [2.24, 2.45) is 0 Å². The number of halogens is 2. The molecule has 0 unspecified atom stereocenters. The molecule has 0 spiro atoms. The molecule has 0 aliphatic heterocycles. The Morgan fingerprint density at radius 2 is 2.05 bits per heavy atom. The number of hydrogen-bond acceptors (Lipinski definition) is 2. The minimum atomic E-state index is -0.258. The zero-order valence-electron chi connectivity index (χ0n) is 10.6. The summed E-state index contributed by atoms with van der Waals surface area (Å²) in [4.78, 5) is 4.13. The maximum absolute atomic E-state index is 13.2. The van der Waals surface area contributed by atoms with Crippen molar-refractivity contribution < 1.29 is 4.39 Å². The number of nitrogens with one attached hydrogen (secondary N) is 1. The largest absolute Gasteiger partial charge is 0.381 e. The molecule has 0 saturated carbocycles. The molecule has 0 radical (unpaired) electrons. The van der Waals surface area contributed by atoms with Crippen LogP contribution in [0, 0.1) is 5.82 Å². The topological polar surface area (TPSA) is 24.9 Å². The quantitative estimate of drug-likeness (QED) is 0.749. The summed E-state index contributed by atoms with van der Waals surface area (Å²) in [5.41, 5.74) is 2.06. The zero-order valence-corrected chi connectivity index (χ0v) is 12.2. The Balaban J connectivity index is 1.85. The van der Waals surface area contributed by atoms with E-state index in [1.807, 2.05) is 24.4 Å². The van der Waals surface area contributed by atoms with Gasteiger partial charge in [-0.25, -0.2) is 4.39 Å². The Labute approximate surface area is 124 Å². The Hall–Kier alpha value is -1.94. The highest BCUT2D eigenvalue weighted by molar-refractivity contribution is 9.10. The van der Waals surface area contributed by atoms with Crippen LogP contribution in [0.1, 0.15) is 5.56 Å². The molecule has 3 aromatic rings. The lowest BCUT2D eigenvalue weighted by Crippen LogP contribution is -2.00. The van der Waals surface area contributed by atoms with Gasteiger partial charge in [-0.15, -0.1) is 0 Å². The SMILES string of the molecule is Fc1ccc(NCc2cccc3cnccc23)cc1Br. The number of nitrogens with zero attached hydrogens (tertiary/aromatic N) is 1. The van der Waals surface area contributed by atoms with Crippen molar-refractivity contribution in [3.63, 3.8) is 0 Å². The van der Waals surface area contributed by atoms with Gasteiger partial charge in [-0.2, -0.15) is 0 Å². The first kappa shape index (κ1) is 13.1. The molecule has 2 aromatic carbocycles. The normalized spacial score (nSPS) is 10.7. The lowest BCUT2D eigenvalue weighted by molar-refractivity contribution is 0.621. The van der Waals surface area contributed by atoms with E-state index in [9.17, 15) is 4.39 Å². The Bertz CT molecular complexity index is 753. The van der Waals surface area contributed by atoms with Crippen LogP contribution in [-0.4, -0.2) is 4.98 Å². The zero-order chi connectivity index (χ0) is 13.9. The molecule has 100 valence electrons. The number of hydrogen-bond donors (Lipinski definition) is 1. The van der Waals surface area contributed by atoms with E-state index in [-0.39, 0.29) is 5.82 Å². The second-order valence-electron chi connectivity index (χ2n) is 4.50. The number of anilines is 1. The monoisotopic (exact) mass is 330 g/mol. The van der Waals surface area contributed by atoms with Crippen LogP contribution in [-0.2, 0) is 6.54 Å². The fourth-order valence-electron chi connectivity index (χ4n) is 2.15. The molecule has 3 rings (SSSR count). The van der Waals surface area contributed by atoms with E-state index in [4.69, 9.17) is 0 Å². The summed E-state index contributed by atoms with van der Waals surface area (Å²) in [6, 6.07) is 13.1. The van der Waals surface area contributed by atoms with Crippen LogP contribution in [0.5, 0.6) is 0 Å². The van der Waals surface area contributed by atoms with E-state index in [1.165, 1.54) is 17.0 Å². The molecule has 0 atom stereocenters. The van der Waals surface area contributed by atoms with Crippen LogP contribution in [0.3, 0.4) is 0 Å². The van der Waals surface area contributed by atoms with Crippen molar-refractivity contribution in [1.82, 2.24) is 4.98 Å². The highest BCUT2D eigenvalue weighted by Gasteiger charge is 2.03. The average molecular weight is 331 g/mol. The third kappa shape index (κ3) is 2.65. The van der Waals surface area contributed by atoms with E-state index in [0.29, 0.717) is 11.0 Å². The van der Waals surface area contributed by atoms with E-state index in [1.54, 1.807) is 18.3 Å². The lowest BCUT2D eigenvalue weighted by atomic mass is 10.1. The molecule has 0 saturated heterocycles. The molecule has 2 nitrogen and oxygen atoms in total.